The molecule has 0 spiro atoms. The highest BCUT2D eigenvalue weighted by atomic mass is 16.5. The fourth-order valence-electron chi connectivity index (χ4n) is 3.61. The van der Waals surface area contributed by atoms with Crippen molar-refractivity contribution in [2.75, 3.05) is 0 Å². The minimum absolute atomic E-state index is 0.00741. The minimum Gasteiger partial charge on any atom is -0.478 e. The average molecular weight is 366 g/mol. The number of carboxylic acid groups (broad SMARTS) is 1. The normalized spacial score (nSPS) is 18.0. The Morgan fingerprint density at radius 1 is 0.778 bits per heavy atom. The Morgan fingerprint density at radius 3 is 2.04 bits per heavy atom. The lowest BCUT2D eigenvalue weighted by molar-refractivity contribution is 0.0246. The number of carboxylic acids is 1. The number of ether oxygens (including phenoxy) is 1. The molecule has 4 heteroatoms. The van der Waals surface area contributed by atoms with Crippen LogP contribution in [0.15, 0.2) is 48.5 Å². The molecular formula is C23H26O4. The van der Waals surface area contributed by atoms with Gasteiger partial charge in [-0.25, -0.2) is 9.59 Å². The van der Waals surface area contributed by atoms with E-state index in [1.54, 1.807) is 12.1 Å². The maximum absolute atomic E-state index is 12.6. The van der Waals surface area contributed by atoms with E-state index in [9.17, 15) is 14.7 Å². The van der Waals surface area contributed by atoms with E-state index in [4.69, 9.17) is 4.74 Å². The van der Waals surface area contributed by atoms with Gasteiger partial charge in [0, 0.05) is 0 Å². The molecule has 4 rings (SSSR count). The molecule has 0 aromatic heterocycles. The lowest BCUT2D eigenvalue weighted by Gasteiger charge is -2.18. The summed E-state index contributed by atoms with van der Waals surface area (Å²) in [7, 11) is 0. The molecule has 2 aromatic carbocycles. The summed E-state index contributed by atoms with van der Waals surface area (Å²) in [6.45, 7) is 0. The topological polar surface area (TPSA) is 63.6 Å². The first kappa shape index (κ1) is 19.2. The van der Waals surface area contributed by atoms with Crippen LogP contribution in [-0.4, -0.2) is 23.1 Å². The molecule has 2 aliphatic carbocycles. The van der Waals surface area contributed by atoms with Crippen molar-refractivity contribution in [3.05, 3.63) is 70.8 Å². The van der Waals surface area contributed by atoms with Crippen LogP contribution in [0.3, 0.4) is 0 Å². The fraction of sp³-hybridized carbons (Fsp3) is 0.391. The van der Waals surface area contributed by atoms with Crippen molar-refractivity contribution in [2.24, 2.45) is 0 Å². The maximum Gasteiger partial charge on any atom is 0.339 e. The second kappa shape index (κ2) is 9.36. The highest BCUT2D eigenvalue weighted by Crippen LogP contribution is 2.20. The Bertz CT molecular complexity index is 779. The number of fused-ring (bicyclic) bond motifs is 10. The third-order valence-corrected chi connectivity index (χ3v) is 5.16. The molecule has 1 unspecified atom stereocenters. The number of hydrogen-bond donors (Lipinski definition) is 1. The summed E-state index contributed by atoms with van der Waals surface area (Å²) in [5.74, 6) is -1.65. The standard InChI is InChI=1S/C23H26O4/c24-22(25)20-11-4-5-12-21(20)23(26)27-19-9-3-1-2-7-17-13-15-18(16-14-17)8-6-10-19/h4-5,11-16,19H,1-3,6-10H2,(H,24,25). The molecule has 142 valence electrons. The van der Waals surface area contributed by atoms with Crippen molar-refractivity contribution < 1.29 is 19.4 Å². The number of aromatic carboxylic acids is 1. The molecule has 0 saturated carbocycles. The van der Waals surface area contributed by atoms with Crippen LogP contribution in [-0.2, 0) is 17.6 Å². The van der Waals surface area contributed by atoms with Gasteiger partial charge in [-0.3, -0.25) is 0 Å². The SMILES string of the molecule is O=C(O)c1ccccc1C(=O)OC1CCCCCc2ccc(cc2)CCC1. The van der Waals surface area contributed by atoms with Crippen molar-refractivity contribution in [1.29, 1.82) is 0 Å². The van der Waals surface area contributed by atoms with E-state index < -0.39 is 11.9 Å². The number of esters is 1. The second-order valence-electron chi connectivity index (χ2n) is 7.19. The summed E-state index contributed by atoms with van der Waals surface area (Å²) < 4.78 is 5.73. The van der Waals surface area contributed by atoms with Gasteiger partial charge in [-0.2, -0.15) is 0 Å². The summed E-state index contributed by atoms with van der Waals surface area (Å²) in [5.41, 5.74) is 2.81. The summed E-state index contributed by atoms with van der Waals surface area (Å²) in [6, 6.07) is 15.1. The molecule has 0 fully saturated rings. The van der Waals surface area contributed by atoms with Gasteiger partial charge >= 0.3 is 11.9 Å². The predicted octanol–water partition coefficient (Wildman–Crippen LogP) is 5.05. The molecule has 0 radical (unpaired) electrons. The highest BCUT2D eigenvalue weighted by Gasteiger charge is 2.21. The smallest absolute Gasteiger partial charge is 0.339 e. The molecule has 2 aliphatic rings. The molecule has 0 heterocycles. The van der Waals surface area contributed by atoms with Crippen LogP contribution >= 0.6 is 0 Å². The molecule has 2 bridgehead atoms. The van der Waals surface area contributed by atoms with Crippen LogP contribution < -0.4 is 0 Å². The molecule has 2 aromatic rings. The Morgan fingerprint density at radius 2 is 1.37 bits per heavy atom. The predicted molar refractivity (Wildman–Crippen MR) is 104 cm³/mol. The molecule has 1 N–H and O–H groups in total. The van der Waals surface area contributed by atoms with Crippen LogP contribution in [0, 0.1) is 0 Å². The lowest BCUT2D eigenvalue weighted by Crippen LogP contribution is -2.20. The quantitative estimate of drug-likeness (QED) is 0.772. The van der Waals surface area contributed by atoms with E-state index in [2.05, 4.69) is 24.3 Å². The molecule has 4 nitrogen and oxygen atoms in total. The van der Waals surface area contributed by atoms with Crippen molar-refractivity contribution >= 4 is 11.9 Å². The zero-order valence-electron chi connectivity index (χ0n) is 15.5. The van der Waals surface area contributed by atoms with Crippen molar-refractivity contribution in [1.82, 2.24) is 0 Å². The zero-order valence-corrected chi connectivity index (χ0v) is 15.5. The largest absolute Gasteiger partial charge is 0.478 e. The van der Waals surface area contributed by atoms with E-state index in [0.29, 0.717) is 0 Å². The van der Waals surface area contributed by atoms with Gasteiger partial charge in [-0.05, 0) is 68.2 Å². The third kappa shape index (κ3) is 5.43. The van der Waals surface area contributed by atoms with Crippen LogP contribution in [0.25, 0.3) is 0 Å². The summed E-state index contributed by atoms with van der Waals surface area (Å²) in [4.78, 5) is 23.9. The molecule has 27 heavy (non-hydrogen) atoms. The number of benzene rings is 2. The van der Waals surface area contributed by atoms with E-state index >= 15 is 0 Å². The van der Waals surface area contributed by atoms with Gasteiger partial charge in [0.1, 0.15) is 6.10 Å². The van der Waals surface area contributed by atoms with Crippen LogP contribution in [0.4, 0.5) is 0 Å². The van der Waals surface area contributed by atoms with Crippen molar-refractivity contribution in [3.8, 4) is 0 Å². The molecule has 0 aliphatic heterocycles. The lowest BCUT2D eigenvalue weighted by atomic mass is 10.0. The van der Waals surface area contributed by atoms with E-state index in [-0.39, 0.29) is 17.2 Å². The number of aryl methyl sites for hydroxylation is 2. The van der Waals surface area contributed by atoms with Crippen LogP contribution in [0.2, 0.25) is 0 Å². The zero-order chi connectivity index (χ0) is 19.1. The molecule has 1 atom stereocenters. The number of hydrogen-bond acceptors (Lipinski definition) is 3. The van der Waals surface area contributed by atoms with Gasteiger partial charge in [0.25, 0.3) is 0 Å². The number of carbonyl (C=O) groups excluding carboxylic acids is 1. The minimum atomic E-state index is -1.11. The Kier molecular flexibility index (Phi) is 6.64. The van der Waals surface area contributed by atoms with Gasteiger partial charge < -0.3 is 9.84 Å². The first-order valence-electron chi connectivity index (χ1n) is 9.74. The van der Waals surface area contributed by atoms with Gasteiger partial charge in [-0.1, -0.05) is 42.8 Å². The van der Waals surface area contributed by atoms with Gasteiger partial charge in [0.05, 0.1) is 11.1 Å². The van der Waals surface area contributed by atoms with Gasteiger partial charge in [-0.15, -0.1) is 0 Å². The van der Waals surface area contributed by atoms with Crippen LogP contribution in [0.5, 0.6) is 0 Å². The summed E-state index contributed by atoms with van der Waals surface area (Å²) >= 11 is 0. The first-order chi connectivity index (χ1) is 13.1. The summed E-state index contributed by atoms with van der Waals surface area (Å²) in [6.07, 6.45) is 7.67. The number of carbonyl (C=O) groups is 2. The van der Waals surface area contributed by atoms with Gasteiger partial charge in [0.15, 0.2) is 0 Å². The Hall–Kier alpha value is -2.62. The van der Waals surface area contributed by atoms with E-state index in [1.165, 1.54) is 23.3 Å². The van der Waals surface area contributed by atoms with Crippen molar-refractivity contribution in [3.63, 3.8) is 0 Å². The summed E-state index contributed by atoms with van der Waals surface area (Å²) in [5, 5.41) is 9.29. The average Bonchev–Trinajstić information content (AvgIpc) is 2.71. The molecular weight excluding hydrogens is 340 g/mol. The maximum atomic E-state index is 12.6. The monoisotopic (exact) mass is 366 g/mol. The van der Waals surface area contributed by atoms with Crippen molar-refractivity contribution in [2.45, 2.75) is 57.5 Å². The molecule has 0 saturated heterocycles. The van der Waals surface area contributed by atoms with Crippen LogP contribution in [0.1, 0.15) is 70.4 Å². The fourth-order valence-corrected chi connectivity index (χ4v) is 3.61. The third-order valence-electron chi connectivity index (χ3n) is 5.16. The molecule has 0 amide bonds. The van der Waals surface area contributed by atoms with E-state index in [1.807, 2.05) is 0 Å². The highest BCUT2D eigenvalue weighted by molar-refractivity contribution is 6.02. The Balaban J connectivity index is 1.66. The second-order valence-corrected chi connectivity index (χ2v) is 7.19. The Labute approximate surface area is 160 Å². The first-order valence-corrected chi connectivity index (χ1v) is 9.74. The number of rotatable bonds is 3. The van der Waals surface area contributed by atoms with E-state index in [0.717, 1.165) is 51.4 Å². The van der Waals surface area contributed by atoms with Gasteiger partial charge in [0.2, 0.25) is 0 Å².